The summed E-state index contributed by atoms with van der Waals surface area (Å²) in [6, 6.07) is 12.0. The molecule has 2 rings (SSSR count). The number of hydrogen-bond acceptors (Lipinski definition) is 5. The van der Waals surface area contributed by atoms with Crippen LogP contribution in [-0.2, 0) is 6.54 Å². The molecule has 0 aliphatic heterocycles. The van der Waals surface area contributed by atoms with Crippen molar-refractivity contribution < 1.29 is 14.4 Å². The first kappa shape index (κ1) is 21.0. The van der Waals surface area contributed by atoms with Crippen LogP contribution < -0.4 is 20.1 Å². The van der Waals surface area contributed by atoms with Gasteiger partial charge in [0.1, 0.15) is 11.5 Å². The molecule has 0 aliphatic rings. The van der Waals surface area contributed by atoms with E-state index in [1.165, 1.54) is 12.1 Å². The third-order valence-electron chi connectivity index (χ3n) is 4.14. The van der Waals surface area contributed by atoms with Crippen LogP contribution in [0.15, 0.2) is 47.5 Å². The van der Waals surface area contributed by atoms with Crippen molar-refractivity contribution in [2.24, 2.45) is 4.99 Å². The molecule has 150 valence electrons. The lowest BCUT2D eigenvalue weighted by Gasteiger charge is -2.20. The maximum atomic E-state index is 10.9. The van der Waals surface area contributed by atoms with Crippen molar-refractivity contribution in [2.75, 3.05) is 20.8 Å². The maximum Gasteiger partial charge on any atom is 0.269 e. The van der Waals surface area contributed by atoms with Gasteiger partial charge in [-0.15, -0.1) is 0 Å². The van der Waals surface area contributed by atoms with Gasteiger partial charge in [-0.3, -0.25) is 10.1 Å². The molecule has 0 bridgehead atoms. The summed E-state index contributed by atoms with van der Waals surface area (Å²) in [6.45, 7) is 4.97. The van der Waals surface area contributed by atoms with Crippen LogP contribution in [0.4, 0.5) is 5.69 Å². The van der Waals surface area contributed by atoms with Gasteiger partial charge in [-0.1, -0.05) is 12.1 Å². The second kappa shape index (κ2) is 10.1. The van der Waals surface area contributed by atoms with Gasteiger partial charge in [0.2, 0.25) is 0 Å². The van der Waals surface area contributed by atoms with E-state index in [1.54, 1.807) is 20.3 Å². The van der Waals surface area contributed by atoms with Gasteiger partial charge >= 0.3 is 0 Å². The van der Waals surface area contributed by atoms with Crippen LogP contribution in [0.2, 0.25) is 0 Å². The van der Waals surface area contributed by atoms with E-state index in [9.17, 15) is 10.1 Å². The number of aliphatic imine (C=N–C) groups is 1. The maximum absolute atomic E-state index is 10.9. The number of nitrogens with one attached hydrogen (secondary N) is 2. The van der Waals surface area contributed by atoms with Crippen molar-refractivity contribution in [3.63, 3.8) is 0 Å². The first-order chi connectivity index (χ1) is 13.5. The molecule has 8 heteroatoms. The van der Waals surface area contributed by atoms with Crippen LogP contribution in [0, 0.1) is 10.1 Å². The number of methoxy groups -OCH3 is 2. The molecular weight excluding hydrogens is 360 g/mol. The minimum absolute atomic E-state index is 0.0557. The lowest BCUT2D eigenvalue weighted by molar-refractivity contribution is -0.384. The molecule has 0 saturated carbocycles. The quantitative estimate of drug-likeness (QED) is 0.312. The van der Waals surface area contributed by atoms with E-state index in [0.717, 1.165) is 22.6 Å². The zero-order chi connectivity index (χ0) is 20.5. The van der Waals surface area contributed by atoms with E-state index < -0.39 is 4.92 Å². The largest absolute Gasteiger partial charge is 0.497 e. The Labute approximate surface area is 164 Å². The van der Waals surface area contributed by atoms with Crippen molar-refractivity contribution in [3.8, 4) is 11.5 Å². The SMILES string of the molecule is CCNC(=NCc1cccc([N+](=O)[O-])c1)NC(C)c1cc(OC)ccc1OC. The summed E-state index contributed by atoms with van der Waals surface area (Å²) in [5.41, 5.74) is 1.75. The molecule has 1 unspecified atom stereocenters. The van der Waals surface area contributed by atoms with Gasteiger partial charge in [-0.2, -0.15) is 0 Å². The third-order valence-corrected chi connectivity index (χ3v) is 4.14. The molecule has 0 spiro atoms. The Morgan fingerprint density at radius 3 is 2.64 bits per heavy atom. The number of nitrogens with zero attached hydrogens (tertiary/aromatic N) is 2. The normalized spacial score (nSPS) is 12.2. The highest BCUT2D eigenvalue weighted by Crippen LogP contribution is 2.29. The minimum atomic E-state index is -0.409. The number of non-ortho nitro benzene ring substituents is 1. The Kier molecular flexibility index (Phi) is 7.62. The minimum Gasteiger partial charge on any atom is -0.497 e. The number of nitro benzene ring substituents is 1. The van der Waals surface area contributed by atoms with Crippen molar-refractivity contribution >= 4 is 11.6 Å². The Morgan fingerprint density at radius 1 is 1.21 bits per heavy atom. The van der Waals surface area contributed by atoms with E-state index in [2.05, 4.69) is 15.6 Å². The number of hydrogen-bond donors (Lipinski definition) is 2. The molecule has 0 aromatic heterocycles. The molecule has 0 radical (unpaired) electrons. The van der Waals surface area contributed by atoms with Crippen LogP contribution in [0.1, 0.15) is 31.0 Å². The van der Waals surface area contributed by atoms with Gasteiger partial charge in [0.25, 0.3) is 5.69 Å². The highest BCUT2D eigenvalue weighted by molar-refractivity contribution is 5.80. The number of guanidine groups is 1. The van der Waals surface area contributed by atoms with Crippen LogP contribution in [0.25, 0.3) is 0 Å². The van der Waals surface area contributed by atoms with E-state index >= 15 is 0 Å². The number of rotatable bonds is 8. The molecule has 0 saturated heterocycles. The van der Waals surface area contributed by atoms with Crippen LogP contribution in [-0.4, -0.2) is 31.6 Å². The Hall–Kier alpha value is -3.29. The molecule has 0 amide bonds. The summed E-state index contributed by atoms with van der Waals surface area (Å²) in [5.74, 6) is 2.09. The molecule has 0 aliphatic carbocycles. The first-order valence-electron chi connectivity index (χ1n) is 8.98. The fourth-order valence-electron chi connectivity index (χ4n) is 2.72. The van der Waals surface area contributed by atoms with Gasteiger partial charge in [0.15, 0.2) is 5.96 Å². The van der Waals surface area contributed by atoms with Crippen LogP contribution in [0.5, 0.6) is 11.5 Å². The Bertz CT molecular complexity index is 839. The molecule has 0 heterocycles. The zero-order valence-corrected chi connectivity index (χ0v) is 16.6. The fraction of sp³-hybridized carbons (Fsp3) is 0.350. The number of benzene rings is 2. The summed E-state index contributed by atoms with van der Waals surface area (Å²) in [6.07, 6.45) is 0. The van der Waals surface area contributed by atoms with Crippen molar-refractivity contribution in [3.05, 3.63) is 63.7 Å². The first-order valence-corrected chi connectivity index (χ1v) is 8.98. The number of ether oxygens (including phenoxy) is 2. The highest BCUT2D eigenvalue weighted by atomic mass is 16.6. The molecular formula is C20H26N4O4. The smallest absolute Gasteiger partial charge is 0.269 e. The Morgan fingerprint density at radius 2 is 2.00 bits per heavy atom. The second-order valence-electron chi connectivity index (χ2n) is 6.10. The Balaban J connectivity index is 2.19. The van der Waals surface area contributed by atoms with Gasteiger partial charge in [-0.25, -0.2) is 4.99 Å². The molecule has 0 fully saturated rings. The van der Waals surface area contributed by atoms with Crippen molar-refractivity contribution in [1.29, 1.82) is 0 Å². The topological polar surface area (TPSA) is 98.0 Å². The zero-order valence-electron chi connectivity index (χ0n) is 16.6. The summed E-state index contributed by atoms with van der Waals surface area (Å²) >= 11 is 0. The molecule has 8 nitrogen and oxygen atoms in total. The van der Waals surface area contributed by atoms with E-state index in [4.69, 9.17) is 9.47 Å². The van der Waals surface area contributed by atoms with E-state index in [-0.39, 0.29) is 11.7 Å². The van der Waals surface area contributed by atoms with Gasteiger partial charge < -0.3 is 20.1 Å². The van der Waals surface area contributed by atoms with Gasteiger partial charge in [0.05, 0.1) is 31.7 Å². The summed E-state index contributed by atoms with van der Waals surface area (Å²) < 4.78 is 10.8. The van der Waals surface area contributed by atoms with Crippen LogP contribution in [0.3, 0.4) is 0 Å². The predicted molar refractivity (Wildman–Crippen MR) is 109 cm³/mol. The molecule has 2 aromatic rings. The van der Waals surface area contributed by atoms with Crippen molar-refractivity contribution in [1.82, 2.24) is 10.6 Å². The van der Waals surface area contributed by atoms with Gasteiger partial charge in [0, 0.05) is 24.2 Å². The second-order valence-corrected chi connectivity index (χ2v) is 6.10. The summed E-state index contributed by atoms with van der Waals surface area (Å²) in [5, 5.41) is 17.5. The summed E-state index contributed by atoms with van der Waals surface area (Å²) in [7, 11) is 3.24. The van der Waals surface area contributed by atoms with Crippen LogP contribution >= 0.6 is 0 Å². The summed E-state index contributed by atoms with van der Waals surface area (Å²) in [4.78, 5) is 15.1. The average molecular weight is 386 g/mol. The lowest BCUT2D eigenvalue weighted by atomic mass is 10.1. The van der Waals surface area contributed by atoms with E-state index in [0.29, 0.717) is 19.0 Å². The highest BCUT2D eigenvalue weighted by Gasteiger charge is 2.14. The lowest BCUT2D eigenvalue weighted by Crippen LogP contribution is -2.38. The predicted octanol–water partition coefficient (Wildman–Crippen LogP) is 3.43. The molecule has 28 heavy (non-hydrogen) atoms. The number of nitro groups is 1. The average Bonchev–Trinajstić information content (AvgIpc) is 2.71. The fourth-order valence-corrected chi connectivity index (χ4v) is 2.72. The van der Waals surface area contributed by atoms with Crippen molar-refractivity contribution in [2.45, 2.75) is 26.4 Å². The third kappa shape index (κ3) is 5.60. The monoisotopic (exact) mass is 386 g/mol. The van der Waals surface area contributed by atoms with Gasteiger partial charge in [-0.05, 0) is 37.6 Å². The molecule has 2 aromatic carbocycles. The molecule has 2 N–H and O–H groups in total. The van der Waals surface area contributed by atoms with E-state index in [1.807, 2.05) is 38.1 Å². The standard InChI is InChI=1S/C20H26N4O4/c1-5-21-20(22-13-15-7-6-8-16(11-15)24(25)26)23-14(2)18-12-17(27-3)9-10-19(18)28-4/h6-12,14H,5,13H2,1-4H3,(H2,21,22,23). The molecule has 1 atom stereocenters.